The number of unbranched alkanes of at least 4 members (excludes halogenated alkanes) is 2. The maximum Gasteiger partial charge on any atom is 0.306 e. The second-order valence-electron chi connectivity index (χ2n) is 7.33. The second-order valence-corrected chi connectivity index (χ2v) is 12.1. The highest BCUT2D eigenvalue weighted by molar-refractivity contribution is 6.83. The molecular weight excluding hydrogens is 346 g/mol. The van der Waals surface area contributed by atoms with Gasteiger partial charge >= 0.3 is 5.97 Å². The van der Waals surface area contributed by atoms with Crippen molar-refractivity contribution in [2.45, 2.75) is 45.3 Å². The number of rotatable bonds is 7. The monoisotopic (exact) mass is 371 g/mol. The molecule has 5 nitrogen and oxygen atoms in total. The minimum absolute atomic E-state index is 0.151. The number of hydrogen-bond donors (Lipinski definition) is 0. The second kappa shape index (κ2) is 8.81. The number of imide groups is 1. The number of carbonyl (C=O) groups is 3. The van der Waals surface area contributed by atoms with Crippen LogP contribution in [-0.2, 0) is 9.53 Å². The fourth-order valence-corrected chi connectivity index (χ4v) is 3.25. The van der Waals surface area contributed by atoms with Crippen LogP contribution < -0.4 is 0 Å². The molecule has 0 aliphatic carbocycles. The summed E-state index contributed by atoms with van der Waals surface area (Å²) >= 11 is 0. The molecule has 2 amide bonds. The Bertz CT molecular complexity index is 720. The van der Waals surface area contributed by atoms with E-state index in [1.807, 2.05) is 0 Å². The van der Waals surface area contributed by atoms with Crippen molar-refractivity contribution in [3.8, 4) is 11.5 Å². The van der Waals surface area contributed by atoms with E-state index in [-0.39, 0.29) is 24.4 Å². The number of ether oxygens (including phenoxy) is 1. The molecule has 0 N–H and O–H groups in total. The summed E-state index contributed by atoms with van der Waals surface area (Å²) in [7, 11) is -1.43. The molecule has 0 bridgehead atoms. The Morgan fingerprint density at radius 3 is 2.23 bits per heavy atom. The highest BCUT2D eigenvalue weighted by Crippen LogP contribution is 2.22. The van der Waals surface area contributed by atoms with Gasteiger partial charge in [-0.2, -0.15) is 0 Å². The van der Waals surface area contributed by atoms with Crippen molar-refractivity contribution >= 4 is 25.9 Å². The molecule has 1 aromatic rings. The van der Waals surface area contributed by atoms with E-state index in [0.717, 1.165) is 6.42 Å². The lowest BCUT2D eigenvalue weighted by Gasteiger charge is -2.13. The number of fused-ring (bicyclic) bond motifs is 1. The zero-order valence-corrected chi connectivity index (χ0v) is 16.6. The summed E-state index contributed by atoms with van der Waals surface area (Å²) in [5.41, 5.74) is 4.09. The zero-order valence-electron chi connectivity index (χ0n) is 15.6. The number of nitrogens with zero attached hydrogens (tertiary/aromatic N) is 1. The molecule has 0 atom stereocenters. The van der Waals surface area contributed by atoms with Gasteiger partial charge in [0.25, 0.3) is 11.8 Å². The molecule has 1 aliphatic rings. The average Bonchev–Trinajstić information content (AvgIpc) is 2.83. The molecule has 6 heteroatoms. The van der Waals surface area contributed by atoms with E-state index in [9.17, 15) is 14.4 Å². The molecule has 0 saturated carbocycles. The maximum absolute atomic E-state index is 12.2. The van der Waals surface area contributed by atoms with E-state index >= 15 is 0 Å². The lowest BCUT2D eigenvalue weighted by Crippen LogP contribution is -2.30. The van der Waals surface area contributed by atoms with Gasteiger partial charge in [0.15, 0.2) is 6.61 Å². The van der Waals surface area contributed by atoms with E-state index in [1.165, 1.54) is 4.90 Å². The summed E-state index contributed by atoms with van der Waals surface area (Å²) in [4.78, 5) is 37.4. The number of benzene rings is 1. The van der Waals surface area contributed by atoms with Gasteiger partial charge in [0.1, 0.15) is 8.07 Å². The van der Waals surface area contributed by atoms with Crippen LogP contribution in [0, 0.1) is 11.5 Å². The first-order valence-corrected chi connectivity index (χ1v) is 12.4. The molecule has 0 aromatic heterocycles. The third-order valence-corrected chi connectivity index (χ3v) is 4.84. The van der Waals surface area contributed by atoms with E-state index in [1.54, 1.807) is 24.3 Å². The Morgan fingerprint density at radius 1 is 1.04 bits per heavy atom. The van der Waals surface area contributed by atoms with Crippen molar-refractivity contribution in [1.29, 1.82) is 0 Å². The fourth-order valence-electron chi connectivity index (χ4n) is 2.65. The molecule has 0 unspecified atom stereocenters. The van der Waals surface area contributed by atoms with Crippen LogP contribution in [0.4, 0.5) is 0 Å². The van der Waals surface area contributed by atoms with Crippen LogP contribution in [0.5, 0.6) is 0 Å². The quantitative estimate of drug-likeness (QED) is 0.243. The third-order valence-electron chi connectivity index (χ3n) is 3.91. The van der Waals surface area contributed by atoms with E-state index in [2.05, 4.69) is 31.1 Å². The largest absolute Gasteiger partial charge is 0.453 e. The van der Waals surface area contributed by atoms with Gasteiger partial charge < -0.3 is 4.74 Å². The molecule has 2 rings (SSSR count). The predicted molar refractivity (Wildman–Crippen MR) is 102 cm³/mol. The minimum Gasteiger partial charge on any atom is -0.453 e. The maximum atomic E-state index is 12.2. The lowest BCUT2D eigenvalue weighted by atomic mass is 10.1. The SMILES string of the molecule is C[Si](C)(C)C#CCOC(=O)CCCCCN1C(=O)c2ccccc2C1=O. The number of hydrogen-bond acceptors (Lipinski definition) is 4. The fraction of sp³-hybridized carbons (Fsp3) is 0.450. The molecule has 0 fully saturated rings. The van der Waals surface area contributed by atoms with Crippen molar-refractivity contribution in [3.63, 3.8) is 0 Å². The topological polar surface area (TPSA) is 63.7 Å². The summed E-state index contributed by atoms with van der Waals surface area (Å²) in [6, 6.07) is 6.87. The molecule has 26 heavy (non-hydrogen) atoms. The highest BCUT2D eigenvalue weighted by Gasteiger charge is 2.34. The smallest absolute Gasteiger partial charge is 0.306 e. The minimum atomic E-state index is -1.43. The van der Waals surface area contributed by atoms with Gasteiger partial charge in [0.05, 0.1) is 11.1 Å². The van der Waals surface area contributed by atoms with Crippen LogP contribution in [0.25, 0.3) is 0 Å². The number of carbonyl (C=O) groups excluding carboxylic acids is 3. The summed E-state index contributed by atoms with van der Waals surface area (Å²) in [6.07, 6.45) is 2.43. The number of amides is 2. The molecule has 0 saturated heterocycles. The Labute approximate surface area is 155 Å². The van der Waals surface area contributed by atoms with E-state index < -0.39 is 8.07 Å². The first kappa shape index (κ1) is 19.9. The Morgan fingerprint density at radius 2 is 1.65 bits per heavy atom. The molecule has 1 aromatic carbocycles. The molecule has 1 heterocycles. The first-order chi connectivity index (χ1) is 12.3. The Balaban J connectivity index is 1.64. The van der Waals surface area contributed by atoms with Crippen LogP contribution in [0.15, 0.2) is 24.3 Å². The normalized spacial score (nSPS) is 13.3. The summed E-state index contributed by atoms with van der Waals surface area (Å²) in [5.74, 6) is 2.19. The van der Waals surface area contributed by atoms with Gasteiger partial charge in [-0.25, -0.2) is 0 Å². The molecule has 138 valence electrons. The molecular formula is C20H25NO4Si. The third kappa shape index (κ3) is 5.56. The van der Waals surface area contributed by atoms with Crippen molar-refractivity contribution < 1.29 is 19.1 Å². The van der Waals surface area contributed by atoms with Crippen LogP contribution in [0.1, 0.15) is 46.4 Å². The standard InChI is InChI=1S/C20H25NO4Si/c1-26(2,3)15-9-14-25-18(22)12-5-4-8-13-21-19(23)16-10-6-7-11-17(16)20(21)24/h6-7,10-11H,4-5,8,12-14H2,1-3H3. The molecule has 0 radical (unpaired) electrons. The van der Waals surface area contributed by atoms with Crippen molar-refractivity contribution in [1.82, 2.24) is 4.90 Å². The van der Waals surface area contributed by atoms with Gasteiger partial charge in [0.2, 0.25) is 0 Å². The molecule has 0 spiro atoms. The average molecular weight is 372 g/mol. The van der Waals surface area contributed by atoms with Gasteiger partial charge in [-0.05, 0) is 25.0 Å². The Kier molecular flexibility index (Phi) is 6.75. The summed E-state index contributed by atoms with van der Waals surface area (Å²) in [5, 5.41) is 0. The lowest BCUT2D eigenvalue weighted by molar-refractivity contribution is -0.142. The molecule has 1 aliphatic heterocycles. The van der Waals surface area contributed by atoms with Gasteiger partial charge in [-0.3, -0.25) is 19.3 Å². The van der Waals surface area contributed by atoms with Crippen molar-refractivity contribution in [2.75, 3.05) is 13.2 Å². The van der Waals surface area contributed by atoms with Crippen LogP contribution >= 0.6 is 0 Å². The summed E-state index contributed by atoms with van der Waals surface area (Å²) < 4.78 is 5.08. The highest BCUT2D eigenvalue weighted by atomic mass is 28.3. The number of esters is 1. The van der Waals surface area contributed by atoms with E-state index in [0.29, 0.717) is 36.9 Å². The van der Waals surface area contributed by atoms with E-state index in [4.69, 9.17) is 4.74 Å². The predicted octanol–water partition coefficient (Wildman–Crippen LogP) is 3.27. The Hall–Kier alpha value is -2.39. The first-order valence-electron chi connectivity index (χ1n) is 8.90. The van der Waals surface area contributed by atoms with Crippen LogP contribution in [0.2, 0.25) is 19.6 Å². The van der Waals surface area contributed by atoms with Crippen molar-refractivity contribution in [2.24, 2.45) is 0 Å². The van der Waals surface area contributed by atoms with Crippen LogP contribution in [0.3, 0.4) is 0 Å². The summed E-state index contributed by atoms with van der Waals surface area (Å²) in [6.45, 7) is 6.93. The zero-order chi connectivity index (χ0) is 19.2. The van der Waals surface area contributed by atoms with Gasteiger partial charge in [-0.15, -0.1) is 5.54 Å². The van der Waals surface area contributed by atoms with Gasteiger partial charge in [0, 0.05) is 13.0 Å². The van der Waals surface area contributed by atoms with Gasteiger partial charge in [-0.1, -0.05) is 44.1 Å². The van der Waals surface area contributed by atoms with Crippen molar-refractivity contribution in [3.05, 3.63) is 35.4 Å². The van der Waals surface area contributed by atoms with Crippen LogP contribution in [-0.4, -0.2) is 43.9 Å².